The highest BCUT2D eigenvalue weighted by molar-refractivity contribution is 9.09. The molecule has 0 unspecified atom stereocenters. The number of hydrogen-bond acceptors (Lipinski definition) is 13. The Hall–Kier alpha value is -3.03. The molecule has 0 aliphatic carbocycles. The number of carbonyl (C=O) groups excluding carboxylic acids is 8. The van der Waals surface area contributed by atoms with Gasteiger partial charge in [0.15, 0.2) is 0 Å². The van der Waals surface area contributed by atoms with E-state index in [1.54, 1.807) is 35.5 Å². The molecule has 4 saturated heterocycles. The largest absolute Gasteiger partial charge is 0.466 e. The molecule has 4 fully saturated rings. The van der Waals surface area contributed by atoms with E-state index in [-0.39, 0.29) is 76.7 Å². The van der Waals surface area contributed by atoms with Gasteiger partial charge >= 0.3 is 24.2 Å². The van der Waals surface area contributed by atoms with Crippen molar-refractivity contribution in [1.82, 2.24) is 19.6 Å². The van der Waals surface area contributed by atoms with Gasteiger partial charge in [-0.25, -0.2) is 14.4 Å². The van der Waals surface area contributed by atoms with Crippen molar-refractivity contribution >= 4 is 90.4 Å². The Kier molecular flexibility index (Phi) is 31.6. The van der Waals surface area contributed by atoms with Crippen LogP contribution >= 0.6 is 43.5 Å². The summed E-state index contributed by atoms with van der Waals surface area (Å²) in [6.45, 7) is 25.6. The quantitative estimate of drug-likeness (QED) is 0.0532. The van der Waals surface area contributed by atoms with Gasteiger partial charge in [-0.15, -0.1) is 0 Å². The van der Waals surface area contributed by atoms with E-state index in [1.807, 2.05) is 67.2 Å². The van der Waals surface area contributed by atoms with Crippen LogP contribution < -0.4 is 5.73 Å². The second-order valence-corrected chi connectivity index (χ2v) is 24.4. The van der Waals surface area contributed by atoms with E-state index in [9.17, 15) is 38.4 Å². The van der Waals surface area contributed by atoms with Gasteiger partial charge in [0.25, 0.3) is 0 Å². The molecule has 4 rings (SSSR count). The minimum Gasteiger partial charge on any atom is -0.466 e. The summed E-state index contributed by atoms with van der Waals surface area (Å²) in [6, 6.07) is -0.623. The van der Waals surface area contributed by atoms with E-state index in [4.69, 9.17) is 36.3 Å². The normalized spacial score (nSPS) is 22.4. The lowest BCUT2D eigenvalue weighted by Gasteiger charge is -2.44. The molecule has 17 nitrogen and oxygen atoms in total. The van der Waals surface area contributed by atoms with Gasteiger partial charge in [-0.2, -0.15) is 0 Å². The summed E-state index contributed by atoms with van der Waals surface area (Å²) < 4.78 is 21.2. The average Bonchev–Trinajstić information content (AvgIpc) is 3.27. The first kappa shape index (κ1) is 68.0. The van der Waals surface area contributed by atoms with Crippen molar-refractivity contribution in [2.24, 2.45) is 29.4 Å². The summed E-state index contributed by atoms with van der Waals surface area (Å²) >= 11 is 11.8. The lowest BCUT2D eigenvalue weighted by molar-refractivity contribution is -0.150. The highest BCUT2D eigenvalue weighted by atomic mass is 79.9. The monoisotopic (exact) mass is 1180 g/mol. The first-order chi connectivity index (χ1) is 33.9. The van der Waals surface area contributed by atoms with Crippen molar-refractivity contribution in [3.05, 3.63) is 0 Å². The van der Waals surface area contributed by atoms with Crippen molar-refractivity contribution in [3.8, 4) is 0 Å². The fraction of sp³-hybridized carbons (Fsp3) is 0.849. The number of ether oxygens (including phenoxy) is 4. The zero-order valence-electron chi connectivity index (χ0n) is 46.3. The molecule has 4 aliphatic heterocycles. The number of amides is 4. The van der Waals surface area contributed by atoms with Gasteiger partial charge in [-0.3, -0.25) is 24.0 Å². The highest BCUT2D eigenvalue weighted by Gasteiger charge is 2.41. The number of esters is 1. The van der Waals surface area contributed by atoms with Crippen LogP contribution in [0.1, 0.15) is 173 Å². The van der Waals surface area contributed by atoms with Crippen LogP contribution in [0, 0.1) is 23.7 Å². The van der Waals surface area contributed by atoms with Crippen LogP contribution in [0.2, 0.25) is 0 Å². The summed E-state index contributed by atoms with van der Waals surface area (Å²) in [6.07, 6.45) is 11.5. The van der Waals surface area contributed by atoms with Crippen LogP contribution in [0.4, 0.5) is 14.4 Å². The third-order valence-electron chi connectivity index (χ3n) is 12.5. The molecule has 2 N–H and O–H groups in total. The maximum Gasteiger partial charge on any atom is 0.410 e. The third kappa shape index (κ3) is 28.1. The van der Waals surface area contributed by atoms with E-state index in [2.05, 4.69) is 31.9 Å². The summed E-state index contributed by atoms with van der Waals surface area (Å²) in [5.41, 5.74) is 4.40. The lowest BCUT2D eigenvalue weighted by atomic mass is 9.80. The number of piperidine rings is 4. The Morgan fingerprint density at radius 1 is 0.616 bits per heavy atom. The molecule has 6 atom stereocenters. The fourth-order valence-corrected chi connectivity index (χ4v) is 9.90. The molecule has 0 radical (unpaired) electrons. The predicted octanol–water partition coefficient (Wildman–Crippen LogP) is 10.5. The van der Waals surface area contributed by atoms with E-state index < -0.39 is 22.8 Å². The molecule has 0 saturated carbocycles. The van der Waals surface area contributed by atoms with Gasteiger partial charge in [0, 0.05) is 87.2 Å². The third-order valence-corrected chi connectivity index (χ3v) is 13.8. The van der Waals surface area contributed by atoms with Crippen LogP contribution in [0.15, 0.2) is 0 Å². The number of nitrogens with two attached hydrogens (primary N) is 1. The molecule has 4 amide bonds. The molecule has 4 aliphatic rings. The standard InChI is InChI=1S/C18H32BrNO3.C17H28N2O4.C13H24N2O4.C5H8BrClO/c1-14(21)16-10-12-20(17(22)23-18(2,3)4)13-15(16)9-7-5-6-8-11-19;1-12(20)13-8-10-18(16(22)23-17(2,3)4)11-14(13)19-9-6-5-7-15(19)21;1-5-18-11(16)9-6-7-15(8-10(9)14)12(17)19-13(2,3)4;6-4-2-1-3-5(7)8/h15-16H,5-13H2,1-4H3;13-14H,5-11H2,1-4H3;9-10H,5-8,14H2,1-4H3;1-4H2/t15-,16+;13-,14+;9-,10-;/m010./s1. The van der Waals surface area contributed by atoms with Crippen molar-refractivity contribution in [2.75, 3.05) is 63.1 Å². The second-order valence-electron chi connectivity index (χ2n) is 22.4. The number of hydrogen-bond donors (Lipinski definition) is 1. The molecule has 0 bridgehead atoms. The average molecular weight is 1190 g/mol. The van der Waals surface area contributed by atoms with E-state index in [1.165, 1.54) is 19.3 Å². The first-order valence-electron chi connectivity index (χ1n) is 26.4. The number of halogens is 3. The molecular formula is C53H92Br2ClN5O12. The van der Waals surface area contributed by atoms with Crippen LogP contribution in [0.5, 0.6) is 0 Å². The second kappa shape index (κ2) is 33.9. The molecule has 0 aromatic rings. The molecule has 20 heteroatoms. The summed E-state index contributed by atoms with van der Waals surface area (Å²) in [5.74, 6) is 0.0332. The Labute approximate surface area is 459 Å². The smallest absolute Gasteiger partial charge is 0.410 e. The van der Waals surface area contributed by atoms with Crippen LogP contribution in [0.3, 0.4) is 0 Å². The molecule has 0 spiro atoms. The minimum atomic E-state index is -0.551. The summed E-state index contributed by atoms with van der Waals surface area (Å²) in [4.78, 5) is 101. The van der Waals surface area contributed by atoms with Crippen LogP contribution in [-0.2, 0) is 42.9 Å². The van der Waals surface area contributed by atoms with Crippen molar-refractivity contribution < 1.29 is 57.3 Å². The highest BCUT2D eigenvalue weighted by Crippen LogP contribution is 2.31. The minimum absolute atomic E-state index is 0.0946. The predicted molar refractivity (Wildman–Crippen MR) is 292 cm³/mol. The van der Waals surface area contributed by atoms with E-state index >= 15 is 0 Å². The zero-order valence-corrected chi connectivity index (χ0v) is 50.3. The maximum atomic E-state index is 12.3. The van der Waals surface area contributed by atoms with E-state index in [0.717, 1.165) is 55.6 Å². The number of ketones is 2. The summed E-state index contributed by atoms with van der Waals surface area (Å²) in [5, 5.41) is 1.78. The number of unbranched alkanes of at least 4 members (excludes halogenated alkanes) is 4. The van der Waals surface area contributed by atoms with Crippen molar-refractivity contribution in [1.29, 1.82) is 0 Å². The van der Waals surface area contributed by atoms with Gasteiger partial charge in [0.2, 0.25) is 11.1 Å². The van der Waals surface area contributed by atoms with Gasteiger partial charge in [0.1, 0.15) is 28.4 Å². The SMILES string of the molecule is CC(=O)[C@H]1CCN(C(=O)OC(C)(C)C)C[C@@H]1CCCCCCBr.CC(=O)[C@H]1CCN(C(=O)OC(C)(C)C)C[C@@H]1N1CCCCC1=O.CCOC(=O)[C@H]1CCN(C(=O)OC(C)(C)C)C[C@@H]1N.O=C(Cl)CCCCBr. The Morgan fingerprint density at radius 3 is 1.51 bits per heavy atom. The van der Waals surface area contributed by atoms with Gasteiger partial charge < -0.3 is 44.3 Å². The number of likely N-dealkylation sites (tertiary alicyclic amines) is 4. The maximum absolute atomic E-state index is 12.3. The van der Waals surface area contributed by atoms with Crippen LogP contribution in [0.25, 0.3) is 0 Å². The summed E-state index contributed by atoms with van der Waals surface area (Å²) in [7, 11) is 0. The number of carbonyl (C=O) groups is 8. The molecular weight excluding hydrogens is 1090 g/mol. The van der Waals surface area contributed by atoms with Gasteiger partial charge in [0.05, 0.1) is 18.6 Å². The van der Waals surface area contributed by atoms with Crippen LogP contribution in [-0.4, -0.2) is 159 Å². The number of rotatable bonds is 15. The van der Waals surface area contributed by atoms with E-state index in [0.29, 0.717) is 78.1 Å². The van der Waals surface area contributed by atoms with Crippen molar-refractivity contribution in [2.45, 2.75) is 202 Å². The van der Waals surface area contributed by atoms with Gasteiger partial charge in [-0.05, 0) is 158 Å². The first-order valence-corrected chi connectivity index (χ1v) is 29.0. The lowest BCUT2D eigenvalue weighted by Crippen LogP contribution is -2.58. The Balaban J connectivity index is 0.000000511. The molecule has 0 aromatic carbocycles. The Morgan fingerprint density at radius 2 is 1.07 bits per heavy atom. The molecule has 422 valence electrons. The Bertz CT molecular complexity index is 1760. The molecule has 73 heavy (non-hydrogen) atoms. The molecule has 0 aromatic heterocycles. The topological polar surface area (TPSA) is 212 Å². The fourth-order valence-electron chi connectivity index (χ4n) is 8.97. The number of Topliss-reactive ketones (excluding diaryl/α,β-unsaturated/α-hetero) is 2. The number of nitrogens with zero attached hydrogens (tertiary/aromatic N) is 4. The zero-order chi connectivity index (χ0) is 55.7. The number of alkyl halides is 2. The van der Waals surface area contributed by atoms with Crippen molar-refractivity contribution in [3.63, 3.8) is 0 Å². The van der Waals surface area contributed by atoms with Gasteiger partial charge in [-0.1, -0.05) is 51.1 Å². The molecule has 4 heterocycles.